The van der Waals surface area contributed by atoms with Crippen molar-refractivity contribution in [2.75, 3.05) is 17.2 Å². The van der Waals surface area contributed by atoms with Gasteiger partial charge in [-0.15, -0.1) is 0 Å². The van der Waals surface area contributed by atoms with Gasteiger partial charge in [0.25, 0.3) is 0 Å². The van der Waals surface area contributed by atoms with Crippen molar-refractivity contribution in [1.82, 2.24) is 10.3 Å². The highest BCUT2D eigenvalue weighted by molar-refractivity contribution is 6.01. The summed E-state index contributed by atoms with van der Waals surface area (Å²) in [5.74, 6) is -2.05. The van der Waals surface area contributed by atoms with Crippen molar-refractivity contribution in [1.29, 1.82) is 5.26 Å². The number of nitriles is 1. The molecule has 194 valence electrons. The fourth-order valence-corrected chi connectivity index (χ4v) is 4.08. The van der Waals surface area contributed by atoms with Gasteiger partial charge >= 0.3 is 12.0 Å². The number of aromatic nitrogens is 1. The lowest BCUT2D eigenvalue weighted by atomic mass is 9.99. The molecule has 1 heterocycles. The van der Waals surface area contributed by atoms with Gasteiger partial charge in [-0.3, -0.25) is 10.1 Å². The molecular weight excluding hydrogens is 489 g/mol. The van der Waals surface area contributed by atoms with Gasteiger partial charge in [0.2, 0.25) is 0 Å². The van der Waals surface area contributed by atoms with Gasteiger partial charge in [0, 0.05) is 42.4 Å². The number of rotatable bonds is 9. The molecule has 4 rings (SSSR count). The number of nitrogens with zero attached hydrogens (tertiary/aromatic N) is 2. The van der Waals surface area contributed by atoms with Crippen molar-refractivity contribution in [3.63, 3.8) is 0 Å². The summed E-state index contributed by atoms with van der Waals surface area (Å²) in [5.41, 5.74) is 1.50. The van der Waals surface area contributed by atoms with Gasteiger partial charge in [-0.1, -0.05) is 13.0 Å². The normalized spacial score (nSPS) is 15.6. The summed E-state index contributed by atoms with van der Waals surface area (Å²) in [6, 6.07) is 13.1. The fourth-order valence-electron chi connectivity index (χ4n) is 4.08. The summed E-state index contributed by atoms with van der Waals surface area (Å²) in [6.07, 6.45) is 1.85. The SMILES string of the molecule is CCNc1cccc(C(=O)Oc2c(C(=O)CC)ccc(F)c2[C@@H]2CC2NC(=O)Nc2ccc(C#N)cn2)c1. The Balaban J connectivity index is 1.55. The van der Waals surface area contributed by atoms with Crippen molar-refractivity contribution in [3.8, 4) is 11.8 Å². The van der Waals surface area contributed by atoms with E-state index in [1.165, 1.54) is 30.5 Å². The van der Waals surface area contributed by atoms with Crippen molar-refractivity contribution < 1.29 is 23.5 Å². The number of pyridine rings is 1. The fraction of sp³-hybridized carbons (Fsp3) is 0.250. The van der Waals surface area contributed by atoms with E-state index in [1.54, 1.807) is 31.2 Å². The molecule has 1 saturated carbocycles. The molecule has 0 aliphatic heterocycles. The van der Waals surface area contributed by atoms with Crippen molar-refractivity contribution in [2.24, 2.45) is 0 Å². The Morgan fingerprint density at radius 3 is 2.66 bits per heavy atom. The van der Waals surface area contributed by atoms with Crippen molar-refractivity contribution in [2.45, 2.75) is 38.6 Å². The number of benzene rings is 2. The predicted octanol–water partition coefficient (Wildman–Crippen LogP) is 5.01. The van der Waals surface area contributed by atoms with E-state index in [2.05, 4.69) is 20.9 Å². The van der Waals surface area contributed by atoms with Crippen LogP contribution in [-0.4, -0.2) is 35.4 Å². The molecule has 0 bridgehead atoms. The molecule has 3 N–H and O–H groups in total. The highest BCUT2D eigenvalue weighted by atomic mass is 19.1. The lowest BCUT2D eigenvalue weighted by Crippen LogP contribution is -2.31. The molecule has 2 atom stereocenters. The van der Waals surface area contributed by atoms with Gasteiger partial charge in [0.1, 0.15) is 23.5 Å². The number of ether oxygens (including phenoxy) is 1. The maximum absolute atomic E-state index is 15.2. The van der Waals surface area contributed by atoms with Gasteiger partial charge in [-0.05, 0) is 55.8 Å². The van der Waals surface area contributed by atoms with E-state index in [9.17, 15) is 14.4 Å². The third-order valence-electron chi connectivity index (χ3n) is 6.05. The quantitative estimate of drug-likeness (QED) is 0.207. The zero-order valence-electron chi connectivity index (χ0n) is 20.9. The maximum atomic E-state index is 15.2. The zero-order valence-corrected chi connectivity index (χ0v) is 20.9. The lowest BCUT2D eigenvalue weighted by molar-refractivity contribution is 0.0730. The Labute approximate surface area is 219 Å². The predicted molar refractivity (Wildman–Crippen MR) is 139 cm³/mol. The van der Waals surface area contributed by atoms with Gasteiger partial charge in [0.15, 0.2) is 5.78 Å². The summed E-state index contributed by atoms with van der Waals surface area (Å²) in [7, 11) is 0. The molecule has 1 aromatic heterocycles. The summed E-state index contributed by atoms with van der Waals surface area (Å²) in [6.45, 7) is 4.25. The van der Waals surface area contributed by atoms with Gasteiger partial charge in [0.05, 0.1) is 16.7 Å². The average Bonchev–Trinajstić information content (AvgIpc) is 3.67. The maximum Gasteiger partial charge on any atom is 0.343 e. The lowest BCUT2D eigenvalue weighted by Gasteiger charge is -2.16. The van der Waals surface area contributed by atoms with Crippen LogP contribution in [0.25, 0.3) is 0 Å². The van der Waals surface area contributed by atoms with Crippen LogP contribution in [-0.2, 0) is 0 Å². The number of amides is 2. The summed E-state index contributed by atoms with van der Waals surface area (Å²) in [4.78, 5) is 42.2. The average molecular weight is 516 g/mol. The largest absolute Gasteiger partial charge is 0.422 e. The van der Waals surface area contributed by atoms with E-state index < -0.39 is 29.8 Å². The molecular formula is C28H26FN5O4. The zero-order chi connectivity index (χ0) is 27.2. The molecule has 0 saturated heterocycles. The molecule has 3 aromatic rings. The standard InChI is InChI=1S/C28H26FN5O4/c1-3-23(35)19-9-10-21(29)25(26(19)38-27(36)17-6-5-7-18(12-17)31-4-2)20-13-22(20)33-28(37)34-24-11-8-16(14-30)15-32-24/h5-12,15,20,22,31H,3-4,13H2,1-2H3,(H2,32,33,34,37)/t20-,22?/m1/s1. The van der Waals surface area contributed by atoms with E-state index in [1.807, 2.05) is 13.0 Å². The molecule has 1 aliphatic carbocycles. The smallest absolute Gasteiger partial charge is 0.343 e. The Bertz CT molecular complexity index is 1420. The molecule has 1 aliphatic rings. The van der Waals surface area contributed by atoms with Crippen molar-refractivity contribution >= 4 is 29.3 Å². The van der Waals surface area contributed by atoms with E-state index in [-0.39, 0.29) is 40.5 Å². The number of esters is 1. The first kappa shape index (κ1) is 26.3. The van der Waals surface area contributed by atoms with Crippen LogP contribution < -0.4 is 20.7 Å². The van der Waals surface area contributed by atoms with E-state index >= 15 is 4.39 Å². The number of nitrogens with one attached hydrogen (secondary N) is 3. The first-order valence-electron chi connectivity index (χ1n) is 12.2. The second-order valence-corrected chi connectivity index (χ2v) is 8.71. The van der Waals surface area contributed by atoms with E-state index in [0.29, 0.717) is 18.5 Å². The molecule has 1 fully saturated rings. The number of anilines is 2. The monoisotopic (exact) mass is 515 g/mol. The summed E-state index contributed by atoms with van der Waals surface area (Å²) >= 11 is 0. The van der Waals surface area contributed by atoms with Gasteiger partial charge in [-0.25, -0.2) is 19.0 Å². The third kappa shape index (κ3) is 5.95. The number of carbonyl (C=O) groups excluding carboxylic acids is 3. The van der Waals surface area contributed by atoms with Crippen LogP contribution in [0.4, 0.5) is 20.7 Å². The highest BCUT2D eigenvalue weighted by Crippen LogP contribution is 2.47. The topological polar surface area (TPSA) is 133 Å². The van der Waals surface area contributed by atoms with Gasteiger partial charge in [-0.2, -0.15) is 5.26 Å². The minimum atomic E-state index is -0.725. The third-order valence-corrected chi connectivity index (χ3v) is 6.05. The van der Waals surface area contributed by atoms with Crippen LogP contribution in [0.1, 0.15) is 64.4 Å². The Morgan fingerprint density at radius 1 is 1.16 bits per heavy atom. The Morgan fingerprint density at radius 2 is 1.97 bits per heavy atom. The van der Waals surface area contributed by atoms with E-state index in [0.717, 1.165) is 5.69 Å². The number of Topliss-reactive ketones (excluding diaryl/α,β-unsaturated/α-hetero) is 1. The van der Waals surface area contributed by atoms with Crippen LogP contribution in [0.2, 0.25) is 0 Å². The number of halogens is 1. The van der Waals surface area contributed by atoms with Crippen LogP contribution in [0, 0.1) is 17.1 Å². The molecule has 2 amide bonds. The van der Waals surface area contributed by atoms with Crippen molar-refractivity contribution in [3.05, 3.63) is 82.8 Å². The molecule has 38 heavy (non-hydrogen) atoms. The molecule has 0 radical (unpaired) electrons. The van der Waals surface area contributed by atoms with E-state index in [4.69, 9.17) is 10.00 Å². The molecule has 0 spiro atoms. The van der Waals surface area contributed by atoms with Crippen LogP contribution in [0.15, 0.2) is 54.7 Å². The summed E-state index contributed by atoms with van der Waals surface area (Å²) in [5, 5.41) is 17.3. The number of hydrogen-bond donors (Lipinski definition) is 3. The molecule has 10 heteroatoms. The Hall–Kier alpha value is -4.78. The molecule has 2 aromatic carbocycles. The molecule has 1 unspecified atom stereocenters. The first-order valence-corrected chi connectivity index (χ1v) is 12.2. The second kappa shape index (κ2) is 11.5. The number of carbonyl (C=O) groups is 3. The van der Waals surface area contributed by atoms with Crippen LogP contribution >= 0.6 is 0 Å². The number of hydrogen-bond acceptors (Lipinski definition) is 7. The first-order chi connectivity index (χ1) is 18.3. The second-order valence-electron chi connectivity index (χ2n) is 8.71. The van der Waals surface area contributed by atoms with Crippen LogP contribution in [0.5, 0.6) is 5.75 Å². The minimum Gasteiger partial charge on any atom is -0.422 e. The minimum absolute atomic E-state index is 0.0716. The number of urea groups is 1. The Kier molecular flexibility index (Phi) is 7.97. The van der Waals surface area contributed by atoms with Gasteiger partial charge < -0.3 is 15.4 Å². The summed E-state index contributed by atoms with van der Waals surface area (Å²) < 4.78 is 20.8. The highest BCUT2D eigenvalue weighted by Gasteiger charge is 2.44. The number of ketones is 1. The molecule has 9 nitrogen and oxygen atoms in total. The van der Waals surface area contributed by atoms with Crippen LogP contribution in [0.3, 0.4) is 0 Å².